The maximum atomic E-state index is 12.3. The Bertz CT molecular complexity index is 555. The van der Waals surface area contributed by atoms with Gasteiger partial charge in [0, 0.05) is 19.2 Å². The van der Waals surface area contributed by atoms with Crippen LogP contribution >= 0.6 is 24.0 Å². The molecule has 23 heavy (non-hydrogen) atoms. The van der Waals surface area contributed by atoms with Crippen molar-refractivity contribution >= 4 is 29.9 Å². The fourth-order valence-corrected chi connectivity index (χ4v) is 2.25. The molecule has 0 aliphatic heterocycles. The van der Waals surface area contributed by atoms with Gasteiger partial charge in [-0.05, 0) is 26.1 Å². The van der Waals surface area contributed by atoms with Gasteiger partial charge < -0.3 is 15.0 Å². The number of carbonyl (C=O) groups is 1. The number of rotatable bonds is 8. The number of likely N-dealkylation sites (N-methyl/N-ethyl adjacent to an activating group) is 1. The molecule has 0 fully saturated rings. The summed E-state index contributed by atoms with van der Waals surface area (Å²) in [6.07, 6.45) is 0. The van der Waals surface area contributed by atoms with E-state index in [2.05, 4.69) is 24.1 Å². The number of hydrogen-bond donors (Lipinski definition) is 1. The molecule has 0 saturated heterocycles. The highest BCUT2D eigenvalue weighted by Crippen LogP contribution is 2.27. The third-order valence-corrected chi connectivity index (χ3v) is 3.65. The Morgan fingerprint density at radius 2 is 2.00 bits per heavy atom. The van der Waals surface area contributed by atoms with Gasteiger partial charge in [-0.2, -0.15) is 5.26 Å². The lowest BCUT2D eigenvalue weighted by Gasteiger charge is -2.18. The summed E-state index contributed by atoms with van der Waals surface area (Å²) in [5.74, 6) is 0.135. The van der Waals surface area contributed by atoms with Gasteiger partial charge in [-0.3, -0.25) is 4.79 Å². The third-order valence-electron chi connectivity index (χ3n) is 3.34. The van der Waals surface area contributed by atoms with Crippen molar-refractivity contribution in [2.24, 2.45) is 0 Å². The van der Waals surface area contributed by atoms with Crippen LogP contribution in [0.1, 0.15) is 36.7 Å². The third kappa shape index (κ3) is 6.26. The lowest BCUT2D eigenvalue weighted by molar-refractivity contribution is 0.0945. The molecule has 0 aliphatic rings. The summed E-state index contributed by atoms with van der Waals surface area (Å²) >= 11 is 5.98. The van der Waals surface area contributed by atoms with E-state index in [1.165, 1.54) is 12.1 Å². The second-order valence-corrected chi connectivity index (χ2v) is 5.06. The molecular formula is C16H23Cl2N3O2. The summed E-state index contributed by atoms with van der Waals surface area (Å²) in [5.41, 5.74) is 0.598. The molecule has 0 aromatic heterocycles. The van der Waals surface area contributed by atoms with Crippen LogP contribution in [-0.4, -0.2) is 43.6 Å². The van der Waals surface area contributed by atoms with E-state index in [9.17, 15) is 4.79 Å². The van der Waals surface area contributed by atoms with Gasteiger partial charge in [0.15, 0.2) is 0 Å². The van der Waals surface area contributed by atoms with Gasteiger partial charge in [-0.1, -0.05) is 25.4 Å². The standard InChI is InChI=1S/C16H22ClN3O2.ClH/c1-4-20(5-2)8-7-19-16(21)13-9-12(11-18)14(17)10-15(13)22-6-3;/h9-10H,4-8H2,1-3H3,(H,19,21);1H. The second-order valence-electron chi connectivity index (χ2n) is 4.66. The number of nitriles is 1. The summed E-state index contributed by atoms with van der Waals surface area (Å²) in [6.45, 7) is 9.61. The quantitative estimate of drug-likeness (QED) is 0.774. The van der Waals surface area contributed by atoms with E-state index in [0.29, 0.717) is 24.5 Å². The van der Waals surface area contributed by atoms with E-state index in [-0.39, 0.29) is 28.9 Å². The fraction of sp³-hybridized carbons (Fsp3) is 0.500. The van der Waals surface area contributed by atoms with Crippen LogP contribution in [0.4, 0.5) is 0 Å². The maximum absolute atomic E-state index is 12.3. The Balaban J connectivity index is 0.00000484. The van der Waals surface area contributed by atoms with Crippen LogP contribution in [0.3, 0.4) is 0 Å². The van der Waals surface area contributed by atoms with Crippen molar-refractivity contribution in [3.63, 3.8) is 0 Å². The summed E-state index contributed by atoms with van der Waals surface area (Å²) in [6, 6.07) is 4.97. The molecule has 0 saturated carbocycles. The minimum atomic E-state index is -0.260. The molecule has 0 radical (unpaired) electrons. The molecule has 5 nitrogen and oxygen atoms in total. The molecule has 0 heterocycles. The van der Waals surface area contributed by atoms with Crippen molar-refractivity contribution in [3.8, 4) is 11.8 Å². The van der Waals surface area contributed by atoms with Gasteiger partial charge in [0.05, 0.1) is 22.8 Å². The minimum Gasteiger partial charge on any atom is -0.493 e. The number of benzene rings is 1. The Hall–Kier alpha value is -1.48. The number of halogens is 2. The average Bonchev–Trinajstić information content (AvgIpc) is 2.52. The maximum Gasteiger partial charge on any atom is 0.255 e. The Labute approximate surface area is 149 Å². The molecule has 1 aromatic carbocycles. The minimum absolute atomic E-state index is 0. The first-order chi connectivity index (χ1) is 10.6. The molecule has 0 spiro atoms. The number of nitrogens with one attached hydrogen (secondary N) is 1. The second kappa shape index (κ2) is 11.1. The predicted molar refractivity (Wildman–Crippen MR) is 94.7 cm³/mol. The number of hydrogen-bond acceptors (Lipinski definition) is 4. The van der Waals surface area contributed by atoms with Gasteiger partial charge in [-0.25, -0.2) is 0 Å². The average molecular weight is 360 g/mol. The highest BCUT2D eigenvalue weighted by atomic mass is 35.5. The molecule has 128 valence electrons. The normalized spacial score (nSPS) is 9.91. The first-order valence-corrected chi connectivity index (χ1v) is 7.82. The Kier molecular flexibility index (Phi) is 10.4. The zero-order valence-corrected chi connectivity index (χ0v) is 15.3. The van der Waals surface area contributed by atoms with Crippen LogP contribution in [-0.2, 0) is 0 Å². The van der Waals surface area contributed by atoms with Gasteiger partial charge in [0.2, 0.25) is 0 Å². The van der Waals surface area contributed by atoms with Crippen molar-refractivity contribution in [2.75, 3.05) is 32.8 Å². The molecule has 1 rings (SSSR count). The van der Waals surface area contributed by atoms with Crippen LogP contribution in [0.25, 0.3) is 0 Å². The van der Waals surface area contributed by atoms with Crippen molar-refractivity contribution in [1.29, 1.82) is 5.26 Å². The van der Waals surface area contributed by atoms with Crippen molar-refractivity contribution < 1.29 is 9.53 Å². The van der Waals surface area contributed by atoms with Crippen molar-refractivity contribution in [1.82, 2.24) is 10.2 Å². The van der Waals surface area contributed by atoms with Crippen LogP contribution in [0.15, 0.2) is 12.1 Å². The molecule has 1 aromatic rings. The van der Waals surface area contributed by atoms with Crippen LogP contribution < -0.4 is 10.1 Å². The highest BCUT2D eigenvalue weighted by Gasteiger charge is 2.16. The zero-order valence-electron chi connectivity index (χ0n) is 13.7. The molecule has 1 N–H and O–H groups in total. The fourth-order valence-electron chi connectivity index (χ4n) is 2.06. The van der Waals surface area contributed by atoms with E-state index >= 15 is 0 Å². The Morgan fingerprint density at radius 3 is 2.52 bits per heavy atom. The first-order valence-electron chi connectivity index (χ1n) is 7.44. The summed E-state index contributed by atoms with van der Waals surface area (Å²) < 4.78 is 5.44. The number of ether oxygens (including phenoxy) is 1. The molecule has 0 atom stereocenters. The number of amides is 1. The van der Waals surface area contributed by atoms with Crippen LogP contribution in [0.5, 0.6) is 5.75 Å². The molecule has 1 amide bonds. The van der Waals surface area contributed by atoms with Gasteiger partial charge in [-0.15, -0.1) is 12.4 Å². The van der Waals surface area contributed by atoms with E-state index in [0.717, 1.165) is 19.6 Å². The highest BCUT2D eigenvalue weighted by molar-refractivity contribution is 6.32. The largest absolute Gasteiger partial charge is 0.493 e. The number of nitrogens with zero attached hydrogens (tertiary/aromatic N) is 2. The number of carbonyl (C=O) groups excluding carboxylic acids is 1. The summed E-state index contributed by atoms with van der Waals surface area (Å²) in [4.78, 5) is 14.5. The van der Waals surface area contributed by atoms with Gasteiger partial charge in [0.1, 0.15) is 11.8 Å². The monoisotopic (exact) mass is 359 g/mol. The van der Waals surface area contributed by atoms with Crippen LogP contribution in [0.2, 0.25) is 5.02 Å². The molecule has 0 bridgehead atoms. The van der Waals surface area contributed by atoms with E-state index in [1.807, 2.05) is 13.0 Å². The SMILES string of the molecule is CCOc1cc(Cl)c(C#N)cc1C(=O)NCCN(CC)CC.Cl. The van der Waals surface area contributed by atoms with Crippen LogP contribution in [0, 0.1) is 11.3 Å². The predicted octanol–water partition coefficient (Wildman–Crippen LogP) is 3.10. The van der Waals surface area contributed by atoms with E-state index in [4.69, 9.17) is 21.6 Å². The Morgan fingerprint density at radius 1 is 1.35 bits per heavy atom. The lowest BCUT2D eigenvalue weighted by Crippen LogP contribution is -2.35. The van der Waals surface area contributed by atoms with Gasteiger partial charge >= 0.3 is 0 Å². The molecule has 0 aliphatic carbocycles. The van der Waals surface area contributed by atoms with Crippen molar-refractivity contribution in [3.05, 3.63) is 28.3 Å². The summed E-state index contributed by atoms with van der Waals surface area (Å²) in [7, 11) is 0. The lowest BCUT2D eigenvalue weighted by atomic mass is 10.1. The zero-order chi connectivity index (χ0) is 16.5. The molecule has 0 unspecified atom stereocenters. The van der Waals surface area contributed by atoms with Gasteiger partial charge in [0.25, 0.3) is 5.91 Å². The smallest absolute Gasteiger partial charge is 0.255 e. The first kappa shape index (κ1) is 21.5. The summed E-state index contributed by atoms with van der Waals surface area (Å²) in [5, 5.41) is 12.2. The molecule has 7 heteroatoms. The van der Waals surface area contributed by atoms with Crippen molar-refractivity contribution in [2.45, 2.75) is 20.8 Å². The van der Waals surface area contributed by atoms with E-state index < -0.39 is 0 Å². The molecular weight excluding hydrogens is 337 g/mol. The topological polar surface area (TPSA) is 65.4 Å². The van der Waals surface area contributed by atoms with E-state index in [1.54, 1.807) is 0 Å².